The molecule has 0 aromatic carbocycles. The number of halogens is 4. The largest absolute Gasteiger partial charge is 0.324 e. The summed E-state index contributed by atoms with van der Waals surface area (Å²) in [6.07, 6.45) is -1.49. The topological polar surface area (TPSA) is 32.3 Å². The fourth-order valence-electron chi connectivity index (χ4n) is 2.83. The van der Waals surface area contributed by atoms with Crippen LogP contribution >= 0.6 is 0 Å². The number of nitrogens with zero attached hydrogens (tertiary/aromatic N) is 1. The van der Waals surface area contributed by atoms with Gasteiger partial charge in [-0.25, -0.2) is 8.78 Å². The molecule has 1 aliphatic heterocycles. The van der Waals surface area contributed by atoms with E-state index in [1.807, 2.05) is 0 Å². The number of alkyl halides is 4. The Morgan fingerprint density at radius 2 is 2.00 bits per heavy atom. The average Bonchev–Trinajstić information content (AvgIpc) is 2.81. The van der Waals surface area contributed by atoms with Crippen molar-refractivity contribution in [3.05, 3.63) is 0 Å². The van der Waals surface area contributed by atoms with Gasteiger partial charge in [0, 0.05) is 0 Å². The number of hydrogen-bond donors (Lipinski definition) is 1. The number of nitrogens with one attached hydrogen (secondary N) is 1. The molecule has 18 heavy (non-hydrogen) atoms. The van der Waals surface area contributed by atoms with E-state index >= 15 is 0 Å². The molecular weight excluding hydrogens is 252 g/mol. The van der Waals surface area contributed by atoms with Crippen LogP contribution in [-0.2, 0) is 4.79 Å². The second kappa shape index (κ2) is 4.36. The van der Waals surface area contributed by atoms with Crippen LogP contribution in [0.1, 0.15) is 32.6 Å². The van der Waals surface area contributed by atoms with E-state index in [1.165, 1.54) is 0 Å². The molecule has 1 aliphatic carbocycles. The zero-order chi connectivity index (χ0) is 13.6. The molecule has 1 heterocycles. The van der Waals surface area contributed by atoms with Crippen LogP contribution in [0, 0.1) is 0 Å². The molecule has 2 aliphatic rings. The summed E-state index contributed by atoms with van der Waals surface area (Å²) in [4.78, 5) is 13.0. The molecule has 2 fully saturated rings. The van der Waals surface area contributed by atoms with Crippen molar-refractivity contribution < 1.29 is 22.4 Å². The fraction of sp³-hybridized carbons (Fsp3) is 0.909. The van der Waals surface area contributed by atoms with Gasteiger partial charge in [-0.3, -0.25) is 10.1 Å². The first kappa shape index (κ1) is 13.6. The van der Waals surface area contributed by atoms with Gasteiger partial charge in [0.2, 0.25) is 5.91 Å². The van der Waals surface area contributed by atoms with Crippen molar-refractivity contribution in [3.8, 4) is 0 Å². The Morgan fingerprint density at radius 1 is 1.44 bits per heavy atom. The molecule has 1 N–H and O–H groups in total. The lowest BCUT2D eigenvalue weighted by Gasteiger charge is -2.26. The molecule has 0 aromatic heterocycles. The summed E-state index contributed by atoms with van der Waals surface area (Å²) >= 11 is 0. The minimum atomic E-state index is -4.16. The maximum Gasteiger partial charge on any atom is 0.324 e. The lowest BCUT2D eigenvalue weighted by molar-refractivity contribution is -0.157. The molecule has 3 nitrogen and oxygen atoms in total. The van der Waals surface area contributed by atoms with E-state index in [1.54, 1.807) is 6.92 Å². The molecule has 104 valence electrons. The van der Waals surface area contributed by atoms with E-state index < -0.39 is 36.5 Å². The number of carbonyl (C=O) groups is 1. The summed E-state index contributed by atoms with van der Waals surface area (Å²) < 4.78 is 50.5. The van der Waals surface area contributed by atoms with Crippen LogP contribution in [0.25, 0.3) is 0 Å². The first-order valence-corrected chi connectivity index (χ1v) is 6.03. The second-order valence-corrected chi connectivity index (χ2v) is 5.10. The van der Waals surface area contributed by atoms with Gasteiger partial charge in [0.15, 0.2) is 0 Å². The van der Waals surface area contributed by atoms with Gasteiger partial charge >= 0.3 is 12.3 Å². The summed E-state index contributed by atoms with van der Waals surface area (Å²) in [7, 11) is 0. The van der Waals surface area contributed by atoms with Gasteiger partial charge in [-0.15, -0.1) is 0 Å². The summed E-state index contributed by atoms with van der Waals surface area (Å²) in [5, 5.41) is 2.99. The highest BCUT2D eigenvalue weighted by Gasteiger charge is 2.54. The third-order valence-electron chi connectivity index (χ3n) is 3.78. The number of hydrogen-bond acceptors (Lipinski definition) is 2. The average molecular weight is 268 g/mol. The van der Waals surface area contributed by atoms with Crippen LogP contribution in [-0.4, -0.2) is 41.4 Å². The Hall–Kier alpha value is -0.850. The van der Waals surface area contributed by atoms with Crippen molar-refractivity contribution in [2.45, 2.75) is 56.7 Å². The normalized spacial score (nSPS) is 27.8. The number of carbonyl (C=O) groups excluding carboxylic acids is 1. The molecular formula is C11H16F4N2O. The first-order valence-electron chi connectivity index (χ1n) is 6.03. The minimum Gasteiger partial charge on any atom is -0.320 e. The fourth-order valence-corrected chi connectivity index (χ4v) is 2.83. The van der Waals surface area contributed by atoms with Crippen molar-refractivity contribution in [2.75, 3.05) is 6.54 Å². The Kier molecular flexibility index (Phi) is 3.29. The predicted molar refractivity (Wildman–Crippen MR) is 56.5 cm³/mol. The third-order valence-corrected chi connectivity index (χ3v) is 3.78. The standard InChI is InChI=1S/C11H16F4N2O/c1-7-16-10(4-2-3-5-10)9(18)17(7)6-11(14,15)8(12)13/h7-8,16H,2-6H2,1H3. The van der Waals surface area contributed by atoms with Gasteiger partial charge in [-0.2, -0.15) is 8.78 Å². The van der Waals surface area contributed by atoms with Crippen LogP contribution in [0.3, 0.4) is 0 Å². The lowest BCUT2D eigenvalue weighted by atomic mass is 9.98. The van der Waals surface area contributed by atoms with Gasteiger partial charge in [-0.05, 0) is 19.8 Å². The SMILES string of the molecule is CC1NC2(CCCC2)C(=O)N1CC(F)(F)C(F)F. The highest BCUT2D eigenvalue weighted by atomic mass is 19.3. The summed E-state index contributed by atoms with van der Waals surface area (Å²) in [6.45, 7) is 0.325. The van der Waals surface area contributed by atoms with Gasteiger partial charge in [0.1, 0.15) is 0 Å². The molecule has 1 saturated heterocycles. The van der Waals surface area contributed by atoms with Gasteiger partial charge in [0.25, 0.3) is 0 Å². The molecule has 0 bridgehead atoms. The van der Waals surface area contributed by atoms with Crippen LogP contribution in [0.2, 0.25) is 0 Å². The van der Waals surface area contributed by atoms with Crippen LogP contribution in [0.15, 0.2) is 0 Å². The van der Waals surface area contributed by atoms with Crippen molar-refractivity contribution >= 4 is 5.91 Å². The van der Waals surface area contributed by atoms with E-state index in [0.29, 0.717) is 12.8 Å². The zero-order valence-electron chi connectivity index (χ0n) is 10.1. The molecule has 1 saturated carbocycles. The molecule has 0 radical (unpaired) electrons. The summed E-state index contributed by atoms with van der Waals surface area (Å²) in [5.41, 5.74) is -0.794. The zero-order valence-corrected chi connectivity index (χ0v) is 10.1. The number of amides is 1. The lowest BCUT2D eigenvalue weighted by Crippen LogP contribution is -2.47. The quantitative estimate of drug-likeness (QED) is 0.794. The van der Waals surface area contributed by atoms with Crippen molar-refractivity contribution in [3.63, 3.8) is 0 Å². The Balaban J connectivity index is 2.12. The first-order chi connectivity index (χ1) is 8.28. The Bertz CT molecular complexity index is 342. The molecule has 2 rings (SSSR count). The summed E-state index contributed by atoms with van der Waals surface area (Å²) in [6, 6.07) is 0. The van der Waals surface area contributed by atoms with Crippen LogP contribution < -0.4 is 5.32 Å². The number of rotatable bonds is 3. The smallest absolute Gasteiger partial charge is 0.320 e. The maximum atomic E-state index is 13.0. The third kappa shape index (κ3) is 2.08. The highest BCUT2D eigenvalue weighted by Crippen LogP contribution is 2.37. The molecule has 1 spiro atoms. The van der Waals surface area contributed by atoms with E-state index in [-0.39, 0.29) is 0 Å². The second-order valence-electron chi connectivity index (χ2n) is 5.10. The van der Waals surface area contributed by atoms with Gasteiger partial charge in [0.05, 0.1) is 18.2 Å². The van der Waals surface area contributed by atoms with Gasteiger partial charge < -0.3 is 4.90 Å². The summed E-state index contributed by atoms with van der Waals surface area (Å²) in [5.74, 6) is -4.62. The van der Waals surface area contributed by atoms with E-state index in [0.717, 1.165) is 17.7 Å². The van der Waals surface area contributed by atoms with Crippen molar-refractivity contribution in [2.24, 2.45) is 0 Å². The predicted octanol–water partition coefficient (Wildman–Crippen LogP) is 1.98. The molecule has 1 atom stereocenters. The van der Waals surface area contributed by atoms with Crippen LogP contribution in [0.4, 0.5) is 17.6 Å². The van der Waals surface area contributed by atoms with Crippen molar-refractivity contribution in [1.29, 1.82) is 0 Å². The van der Waals surface area contributed by atoms with E-state index in [9.17, 15) is 22.4 Å². The monoisotopic (exact) mass is 268 g/mol. The van der Waals surface area contributed by atoms with E-state index in [4.69, 9.17) is 0 Å². The van der Waals surface area contributed by atoms with E-state index in [2.05, 4.69) is 5.32 Å². The van der Waals surface area contributed by atoms with Crippen molar-refractivity contribution in [1.82, 2.24) is 10.2 Å². The highest BCUT2D eigenvalue weighted by molar-refractivity contribution is 5.89. The molecule has 1 unspecified atom stereocenters. The molecule has 7 heteroatoms. The molecule has 1 amide bonds. The maximum absolute atomic E-state index is 13.0. The molecule has 0 aromatic rings. The van der Waals surface area contributed by atoms with Gasteiger partial charge in [-0.1, -0.05) is 12.8 Å². The Morgan fingerprint density at radius 3 is 2.50 bits per heavy atom. The van der Waals surface area contributed by atoms with Crippen LogP contribution in [0.5, 0.6) is 0 Å². The minimum absolute atomic E-state index is 0.465. The Labute approximate surface area is 103 Å².